The molecule has 4 fully saturated rings. The normalized spacial score (nSPS) is 28.7. The number of esters is 1. The summed E-state index contributed by atoms with van der Waals surface area (Å²) in [7, 11) is 0. The van der Waals surface area contributed by atoms with E-state index in [-0.39, 0.29) is 36.8 Å². The van der Waals surface area contributed by atoms with Crippen LogP contribution in [-0.4, -0.2) is 87.6 Å². The number of nitrogens with zero attached hydrogens (tertiary/aromatic N) is 2. The molecule has 1 aliphatic carbocycles. The van der Waals surface area contributed by atoms with Crippen molar-refractivity contribution in [2.75, 3.05) is 13.2 Å². The Morgan fingerprint density at radius 3 is 2.51 bits per heavy atom. The number of hydrogen-bond acceptors (Lipinski definition) is 7. The molecule has 0 radical (unpaired) electrons. The van der Waals surface area contributed by atoms with E-state index in [4.69, 9.17) is 9.47 Å². The van der Waals surface area contributed by atoms with Crippen LogP contribution in [0.25, 0.3) is 0 Å². The number of nitrogens with one attached hydrogen (secondary N) is 1. The largest absolute Gasteiger partial charge is 0.455 e. The Hall–Kier alpha value is -3.50. The number of aliphatic hydroxyl groups is 1. The number of likely N-dealkylation sites (tertiary alicyclic amines) is 1. The summed E-state index contributed by atoms with van der Waals surface area (Å²) in [6, 6.07) is 7.14. The lowest BCUT2D eigenvalue weighted by atomic mass is 9.70. The average molecular weight is 650 g/mol. The van der Waals surface area contributed by atoms with Crippen molar-refractivity contribution in [1.29, 1.82) is 0 Å². The van der Waals surface area contributed by atoms with Gasteiger partial charge in [-0.3, -0.25) is 19.2 Å². The van der Waals surface area contributed by atoms with Crippen LogP contribution in [0.3, 0.4) is 0 Å². The van der Waals surface area contributed by atoms with Crippen LogP contribution in [0.4, 0.5) is 0 Å². The molecule has 1 aromatic carbocycles. The van der Waals surface area contributed by atoms with Crippen LogP contribution in [0, 0.1) is 11.8 Å². The Labute approximate surface area is 278 Å². The molecular formula is C37H51N3O7. The first-order chi connectivity index (χ1) is 22.7. The number of rotatable bonds is 15. The van der Waals surface area contributed by atoms with E-state index in [1.54, 1.807) is 19.1 Å². The van der Waals surface area contributed by atoms with Gasteiger partial charge in [0.1, 0.15) is 17.7 Å². The van der Waals surface area contributed by atoms with Crippen molar-refractivity contribution in [1.82, 2.24) is 15.1 Å². The summed E-state index contributed by atoms with van der Waals surface area (Å²) >= 11 is 0. The van der Waals surface area contributed by atoms with E-state index in [2.05, 4.69) is 18.5 Å². The number of fused-ring (bicyclic) bond motifs is 1. The van der Waals surface area contributed by atoms with Gasteiger partial charge in [-0.05, 0) is 51.0 Å². The van der Waals surface area contributed by atoms with Gasteiger partial charge >= 0.3 is 5.97 Å². The fourth-order valence-corrected chi connectivity index (χ4v) is 8.49. The van der Waals surface area contributed by atoms with Gasteiger partial charge in [0.25, 0.3) is 0 Å². The Bertz CT molecular complexity index is 1310. The average Bonchev–Trinajstić information content (AvgIpc) is 3.73. The Morgan fingerprint density at radius 1 is 1.15 bits per heavy atom. The number of benzene rings is 1. The number of aliphatic hydroxyl groups excluding tert-OH is 1. The Balaban J connectivity index is 1.47. The van der Waals surface area contributed by atoms with Crippen molar-refractivity contribution in [2.24, 2.45) is 11.8 Å². The first-order valence-corrected chi connectivity index (χ1v) is 17.4. The number of ether oxygens (including phenoxy) is 2. The molecule has 0 aromatic heterocycles. The molecule has 10 nitrogen and oxygen atoms in total. The van der Waals surface area contributed by atoms with Crippen molar-refractivity contribution in [3.8, 4) is 0 Å². The molecular weight excluding hydrogens is 598 g/mol. The maximum Gasteiger partial charge on any atom is 0.313 e. The van der Waals surface area contributed by atoms with Crippen LogP contribution in [0.5, 0.6) is 0 Å². The molecule has 47 heavy (non-hydrogen) atoms. The molecule has 1 aromatic rings. The zero-order valence-corrected chi connectivity index (χ0v) is 27.9. The van der Waals surface area contributed by atoms with Gasteiger partial charge in [-0.2, -0.15) is 0 Å². The van der Waals surface area contributed by atoms with Crippen molar-refractivity contribution in [3.05, 3.63) is 61.2 Å². The molecule has 3 amide bonds. The number of carbonyl (C=O) groups excluding carboxylic acids is 4. The van der Waals surface area contributed by atoms with Gasteiger partial charge in [0.2, 0.25) is 17.7 Å². The van der Waals surface area contributed by atoms with Crippen LogP contribution >= 0.6 is 0 Å². The number of carbonyl (C=O) groups is 4. The highest BCUT2D eigenvalue weighted by atomic mass is 16.6. The molecule has 3 aliphatic heterocycles. The standard InChI is InChI=1S/C37H51N3O7/c1-5-8-19-29(42)38-24(4)32(25-15-11-9-12-16-25)46-36(45)30-28-20-21-37(47-28)31(30)34(43)40(26(7-3)23-41)33(37)35(44)39(22-6-2)27-17-13-10-14-18-27/h5-6,9,11-12,15-16,24,26-28,30-33,41H,1-2,7-8,10,13-14,17-23H2,3-4H3,(H,38,42)/t24-,26+,28-,30+,31+,32-,33-,37+/m1/s1. The molecule has 1 spiro atoms. The molecule has 1 saturated carbocycles. The zero-order chi connectivity index (χ0) is 33.7. The van der Waals surface area contributed by atoms with Crippen molar-refractivity contribution in [2.45, 2.75) is 120 Å². The third-order valence-electron chi connectivity index (χ3n) is 10.7. The second kappa shape index (κ2) is 15.2. The Kier molecular flexibility index (Phi) is 11.2. The van der Waals surface area contributed by atoms with Crippen LogP contribution < -0.4 is 5.32 Å². The van der Waals surface area contributed by atoms with E-state index in [0.29, 0.717) is 37.8 Å². The van der Waals surface area contributed by atoms with Crippen LogP contribution in [-0.2, 0) is 28.7 Å². The lowest BCUT2D eigenvalue weighted by Gasteiger charge is -2.42. The molecule has 2 bridgehead atoms. The van der Waals surface area contributed by atoms with E-state index >= 15 is 0 Å². The maximum absolute atomic E-state index is 14.7. The highest BCUT2D eigenvalue weighted by Crippen LogP contribution is 2.59. The van der Waals surface area contributed by atoms with E-state index < -0.39 is 53.7 Å². The molecule has 256 valence electrons. The fourth-order valence-electron chi connectivity index (χ4n) is 8.49. The number of hydrogen-bond donors (Lipinski definition) is 2. The zero-order valence-electron chi connectivity index (χ0n) is 27.9. The van der Waals surface area contributed by atoms with Gasteiger partial charge in [-0.15, -0.1) is 13.2 Å². The fraction of sp³-hybridized carbons (Fsp3) is 0.622. The SMILES string of the molecule is C=CCCC(=O)N[C@H](C)[C@@H](OC(=O)[C@@H]1[C@H]2C(=O)N([C@@H](CC)CO)[C@H](C(=O)N(CC=C)C3CCCCC3)[C@]23CC[C@H]1O3)c1ccccc1. The van der Waals surface area contributed by atoms with Gasteiger partial charge in [0.15, 0.2) is 0 Å². The van der Waals surface area contributed by atoms with Gasteiger partial charge in [-0.25, -0.2) is 0 Å². The van der Waals surface area contributed by atoms with Crippen LogP contribution in [0.1, 0.15) is 89.7 Å². The molecule has 0 unspecified atom stereocenters. The molecule has 8 atom stereocenters. The monoisotopic (exact) mass is 649 g/mol. The van der Waals surface area contributed by atoms with E-state index in [0.717, 1.165) is 32.1 Å². The summed E-state index contributed by atoms with van der Waals surface area (Å²) in [5.74, 6) is -3.17. The summed E-state index contributed by atoms with van der Waals surface area (Å²) in [6.45, 7) is 11.3. The highest BCUT2D eigenvalue weighted by Gasteiger charge is 2.75. The van der Waals surface area contributed by atoms with Crippen molar-refractivity contribution < 1.29 is 33.8 Å². The van der Waals surface area contributed by atoms with Crippen LogP contribution in [0.2, 0.25) is 0 Å². The minimum absolute atomic E-state index is 0.0324. The number of amides is 3. The van der Waals surface area contributed by atoms with Crippen molar-refractivity contribution >= 4 is 23.7 Å². The van der Waals surface area contributed by atoms with Crippen LogP contribution in [0.15, 0.2) is 55.6 Å². The Morgan fingerprint density at radius 2 is 1.87 bits per heavy atom. The third-order valence-corrected chi connectivity index (χ3v) is 10.7. The summed E-state index contributed by atoms with van der Waals surface area (Å²) in [5.41, 5.74) is -0.492. The lowest BCUT2D eigenvalue weighted by molar-refractivity contribution is -0.162. The first kappa shape index (κ1) is 34.8. The van der Waals surface area contributed by atoms with Crippen molar-refractivity contribution in [3.63, 3.8) is 0 Å². The minimum Gasteiger partial charge on any atom is -0.455 e. The predicted octanol–water partition coefficient (Wildman–Crippen LogP) is 4.23. The molecule has 5 rings (SSSR count). The van der Waals surface area contributed by atoms with Gasteiger partial charge in [0.05, 0.1) is 36.6 Å². The smallest absolute Gasteiger partial charge is 0.313 e. The first-order valence-electron chi connectivity index (χ1n) is 17.4. The number of allylic oxidation sites excluding steroid dienone is 1. The quantitative estimate of drug-likeness (QED) is 0.215. The summed E-state index contributed by atoms with van der Waals surface area (Å²) in [4.78, 5) is 59.5. The van der Waals surface area contributed by atoms with Gasteiger partial charge in [0, 0.05) is 19.0 Å². The highest BCUT2D eigenvalue weighted by molar-refractivity contribution is 5.98. The molecule has 2 N–H and O–H groups in total. The second-order valence-corrected chi connectivity index (χ2v) is 13.6. The van der Waals surface area contributed by atoms with E-state index in [1.807, 2.05) is 42.2 Å². The summed E-state index contributed by atoms with van der Waals surface area (Å²) < 4.78 is 12.9. The second-order valence-electron chi connectivity index (χ2n) is 13.6. The van der Waals surface area contributed by atoms with Gasteiger partial charge in [-0.1, -0.05) is 68.7 Å². The van der Waals surface area contributed by atoms with E-state index in [1.165, 1.54) is 4.90 Å². The predicted molar refractivity (Wildman–Crippen MR) is 177 cm³/mol. The molecule has 3 heterocycles. The molecule has 4 aliphatic rings. The minimum atomic E-state index is -1.20. The summed E-state index contributed by atoms with van der Waals surface area (Å²) in [6.07, 6.45) is 9.15. The lowest BCUT2D eigenvalue weighted by Crippen LogP contribution is -2.60. The molecule has 3 saturated heterocycles. The van der Waals surface area contributed by atoms with Gasteiger partial charge < -0.3 is 29.7 Å². The third kappa shape index (κ3) is 6.64. The maximum atomic E-state index is 14.7. The summed E-state index contributed by atoms with van der Waals surface area (Å²) in [5, 5.41) is 13.4. The topological polar surface area (TPSA) is 125 Å². The molecule has 10 heteroatoms. The van der Waals surface area contributed by atoms with E-state index in [9.17, 15) is 24.3 Å².